The van der Waals surface area contributed by atoms with Crippen molar-refractivity contribution in [3.63, 3.8) is 0 Å². The molecule has 0 fully saturated rings. The highest BCUT2D eigenvalue weighted by molar-refractivity contribution is 6.25. The standard InChI is InChI=1S/C34H18N4O2/c39-33-21-15-16-22-30-20(32-36-24-10-2-6-18-8-4-12-26(28(18)24)38(32)34(22)40)14-13-19(29(21)30)31-35-23-9-1-5-17-7-3-11-25(27(17)23)37(31)33/h1-5,7-16,24H,6H2. The molecular weight excluding hydrogens is 496 g/mol. The Morgan fingerprint density at radius 2 is 1.48 bits per heavy atom. The van der Waals surface area contributed by atoms with Gasteiger partial charge in [-0.1, -0.05) is 48.6 Å². The summed E-state index contributed by atoms with van der Waals surface area (Å²) < 4.78 is 3.49. The first-order valence-corrected chi connectivity index (χ1v) is 13.4. The molecule has 6 heteroatoms. The van der Waals surface area contributed by atoms with Crippen LogP contribution in [0.3, 0.4) is 0 Å². The predicted octanol–water partition coefficient (Wildman–Crippen LogP) is 5.55. The molecule has 8 aromatic rings. The van der Waals surface area contributed by atoms with E-state index in [9.17, 15) is 9.59 Å². The van der Waals surface area contributed by atoms with Crippen LogP contribution < -0.4 is 16.6 Å². The first-order chi connectivity index (χ1) is 19.7. The van der Waals surface area contributed by atoms with Crippen LogP contribution in [0.25, 0.3) is 65.5 Å². The molecule has 40 heavy (non-hydrogen) atoms. The van der Waals surface area contributed by atoms with Gasteiger partial charge in [0.2, 0.25) is 0 Å². The molecule has 0 saturated heterocycles. The van der Waals surface area contributed by atoms with Crippen molar-refractivity contribution in [3.8, 4) is 5.69 Å². The van der Waals surface area contributed by atoms with Crippen LogP contribution in [-0.4, -0.2) is 14.0 Å². The average Bonchev–Trinajstić information content (AvgIpc) is 2.99. The first-order valence-electron chi connectivity index (χ1n) is 13.4. The molecule has 5 aromatic carbocycles. The summed E-state index contributed by atoms with van der Waals surface area (Å²) in [6, 6.07) is 25.7. The number of hydrogen-bond donors (Lipinski definition) is 0. The highest BCUT2D eigenvalue weighted by atomic mass is 16.1. The number of nitrogens with zero attached hydrogens (tertiary/aromatic N) is 4. The van der Waals surface area contributed by atoms with E-state index in [2.05, 4.69) is 18.2 Å². The number of allylic oxidation sites excluding steroid dienone is 1. The van der Waals surface area contributed by atoms with Crippen molar-refractivity contribution >= 4 is 59.8 Å². The lowest BCUT2D eigenvalue weighted by atomic mass is 9.89. The van der Waals surface area contributed by atoms with Gasteiger partial charge in [0, 0.05) is 43.3 Å². The minimum absolute atomic E-state index is 0.119. The minimum Gasteiger partial charge on any atom is -0.268 e. The zero-order valence-corrected chi connectivity index (χ0v) is 21.1. The van der Waals surface area contributed by atoms with E-state index in [4.69, 9.17) is 9.98 Å². The summed E-state index contributed by atoms with van der Waals surface area (Å²) in [7, 11) is 0. The van der Waals surface area contributed by atoms with Crippen LogP contribution in [0.5, 0.6) is 0 Å². The highest BCUT2D eigenvalue weighted by Gasteiger charge is 2.28. The van der Waals surface area contributed by atoms with Gasteiger partial charge in [0.25, 0.3) is 11.1 Å². The van der Waals surface area contributed by atoms with Gasteiger partial charge in [-0.2, -0.15) is 0 Å². The lowest BCUT2D eigenvalue weighted by molar-refractivity contribution is 0.738. The van der Waals surface area contributed by atoms with Gasteiger partial charge in [-0.15, -0.1) is 0 Å². The maximum absolute atomic E-state index is 14.2. The summed E-state index contributed by atoms with van der Waals surface area (Å²) in [4.78, 5) is 38.5. The van der Waals surface area contributed by atoms with Crippen molar-refractivity contribution in [2.75, 3.05) is 0 Å². The molecule has 0 radical (unpaired) electrons. The van der Waals surface area contributed by atoms with Crippen LogP contribution in [-0.2, 0) is 6.42 Å². The van der Waals surface area contributed by atoms with Gasteiger partial charge in [-0.25, -0.2) is 4.98 Å². The number of pyridine rings is 2. The van der Waals surface area contributed by atoms with Gasteiger partial charge in [0.05, 0.1) is 22.8 Å². The van der Waals surface area contributed by atoms with Crippen LogP contribution in [0.1, 0.15) is 17.2 Å². The fraction of sp³-hybridized carbons (Fsp3) is 0.0588. The Morgan fingerprint density at radius 1 is 0.725 bits per heavy atom. The SMILES string of the molecule is O=c1c2ccc3c(=O)n4c5cccc6cccc(nc4c4ccc(c7n1-c1cccc8c1C(C=CC8)N=7)c2c34)c65. The molecule has 0 spiro atoms. The molecule has 1 atom stereocenters. The van der Waals surface area contributed by atoms with Crippen LogP contribution in [0.4, 0.5) is 0 Å². The quantitative estimate of drug-likeness (QED) is 0.151. The molecular formula is C34H18N4O2. The molecule has 0 N–H and O–H groups in total. The fourth-order valence-corrected chi connectivity index (χ4v) is 7.25. The van der Waals surface area contributed by atoms with Crippen molar-refractivity contribution in [2.24, 2.45) is 4.99 Å². The normalized spacial score (nSPS) is 15.9. The van der Waals surface area contributed by atoms with Crippen LogP contribution >= 0.6 is 0 Å². The molecule has 186 valence electrons. The van der Waals surface area contributed by atoms with Crippen molar-refractivity contribution in [1.82, 2.24) is 14.0 Å². The molecule has 2 aliphatic rings. The third-order valence-electron chi connectivity index (χ3n) is 8.89. The smallest absolute Gasteiger partial charge is 0.264 e. The largest absolute Gasteiger partial charge is 0.268 e. The van der Waals surface area contributed by atoms with Crippen molar-refractivity contribution in [1.29, 1.82) is 0 Å². The van der Waals surface area contributed by atoms with Crippen molar-refractivity contribution in [2.45, 2.75) is 12.5 Å². The molecule has 0 amide bonds. The zero-order valence-electron chi connectivity index (χ0n) is 21.1. The average molecular weight is 515 g/mol. The van der Waals surface area contributed by atoms with Gasteiger partial charge >= 0.3 is 0 Å². The maximum atomic E-state index is 14.2. The summed E-state index contributed by atoms with van der Waals surface area (Å²) in [6.45, 7) is 0. The summed E-state index contributed by atoms with van der Waals surface area (Å²) in [6.07, 6.45) is 5.11. The number of rotatable bonds is 0. The van der Waals surface area contributed by atoms with E-state index in [1.165, 1.54) is 5.56 Å². The molecule has 10 rings (SSSR count). The number of hydrogen-bond acceptors (Lipinski definition) is 4. The Morgan fingerprint density at radius 3 is 2.38 bits per heavy atom. The third kappa shape index (κ3) is 2.25. The van der Waals surface area contributed by atoms with Gasteiger partial charge in [0.1, 0.15) is 11.1 Å². The summed E-state index contributed by atoms with van der Waals surface area (Å²) >= 11 is 0. The minimum atomic E-state index is -0.136. The van der Waals surface area contributed by atoms with E-state index in [1.54, 1.807) is 15.0 Å². The molecule has 0 saturated carbocycles. The van der Waals surface area contributed by atoms with E-state index in [0.717, 1.165) is 61.0 Å². The van der Waals surface area contributed by atoms with E-state index >= 15 is 0 Å². The van der Waals surface area contributed by atoms with E-state index in [0.29, 0.717) is 21.9 Å². The monoisotopic (exact) mass is 514 g/mol. The molecule has 4 heterocycles. The van der Waals surface area contributed by atoms with Gasteiger partial charge in [0.15, 0.2) is 0 Å². The number of fused-ring (bicyclic) bond motifs is 6. The molecule has 1 aliphatic carbocycles. The van der Waals surface area contributed by atoms with E-state index < -0.39 is 0 Å². The Balaban J connectivity index is 1.46. The topological polar surface area (TPSA) is 68.7 Å². The second-order valence-corrected chi connectivity index (χ2v) is 10.8. The molecule has 1 aliphatic heterocycles. The van der Waals surface area contributed by atoms with Gasteiger partial charge < -0.3 is 0 Å². The molecule has 3 aromatic heterocycles. The van der Waals surface area contributed by atoms with E-state index in [1.807, 2.05) is 66.7 Å². The Bertz CT molecular complexity index is 2670. The summed E-state index contributed by atoms with van der Waals surface area (Å²) in [5, 5.41) is 6.43. The summed E-state index contributed by atoms with van der Waals surface area (Å²) in [5.74, 6) is 0. The number of benzene rings is 5. The Kier molecular flexibility index (Phi) is 3.50. The highest BCUT2D eigenvalue weighted by Crippen LogP contribution is 2.38. The third-order valence-corrected chi connectivity index (χ3v) is 8.89. The van der Waals surface area contributed by atoms with Crippen LogP contribution in [0.15, 0.2) is 106 Å². The lowest BCUT2D eigenvalue weighted by Gasteiger charge is -2.27. The second-order valence-electron chi connectivity index (χ2n) is 10.8. The maximum Gasteiger partial charge on any atom is 0.264 e. The van der Waals surface area contributed by atoms with Crippen LogP contribution in [0, 0.1) is 0 Å². The van der Waals surface area contributed by atoms with Gasteiger partial charge in [-0.05, 0) is 59.8 Å². The van der Waals surface area contributed by atoms with Gasteiger partial charge in [-0.3, -0.25) is 23.5 Å². The van der Waals surface area contributed by atoms with Crippen molar-refractivity contribution in [3.05, 3.63) is 128 Å². The number of aromatic nitrogens is 3. The first kappa shape index (κ1) is 20.6. The molecule has 6 nitrogen and oxygen atoms in total. The lowest BCUT2D eigenvalue weighted by Crippen LogP contribution is -2.37. The Labute approximate surface area is 225 Å². The second kappa shape index (κ2) is 6.79. The Hall–Kier alpha value is -5.36. The summed E-state index contributed by atoms with van der Waals surface area (Å²) in [5.41, 5.74) is 5.85. The predicted molar refractivity (Wildman–Crippen MR) is 158 cm³/mol. The van der Waals surface area contributed by atoms with Crippen molar-refractivity contribution < 1.29 is 0 Å². The fourth-order valence-electron chi connectivity index (χ4n) is 7.25. The molecule has 1 unspecified atom stereocenters. The molecule has 0 bridgehead atoms. The zero-order chi connectivity index (χ0) is 26.3. The van der Waals surface area contributed by atoms with E-state index in [-0.39, 0.29) is 17.2 Å². The van der Waals surface area contributed by atoms with Crippen LogP contribution in [0.2, 0.25) is 0 Å².